The van der Waals surface area contributed by atoms with Crippen molar-refractivity contribution in [2.45, 2.75) is 40.0 Å². The fraction of sp³-hybridized carbons (Fsp3) is 0.727. The molecule has 80 valence electrons. The van der Waals surface area contributed by atoms with E-state index in [1.54, 1.807) is 4.68 Å². The third-order valence-electron chi connectivity index (χ3n) is 2.97. The summed E-state index contributed by atoms with van der Waals surface area (Å²) in [4.78, 5) is 0. The Labute approximate surface area is 86.3 Å². The van der Waals surface area contributed by atoms with Crippen LogP contribution in [0.1, 0.15) is 44.4 Å². The molecule has 0 saturated heterocycles. The van der Waals surface area contributed by atoms with Gasteiger partial charge in [0.25, 0.3) is 0 Å². The van der Waals surface area contributed by atoms with Crippen LogP contribution >= 0.6 is 0 Å². The van der Waals surface area contributed by atoms with Gasteiger partial charge < -0.3 is 5.73 Å². The Bertz CT molecular complexity index is 313. The van der Waals surface area contributed by atoms with Crippen LogP contribution in [0.2, 0.25) is 0 Å². The number of hydrogen-bond donors (Lipinski definition) is 1. The van der Waals surface area contributed by atoms with Gasteiger partial charge in [0.1, 0.15) is 5.82 Å². The van der Waals surface area contributed by atoms with Gasteiger partial charge in [0.15, 0.2) is 0 Å². The van der Waals surface area contributed by atoms with E-state index in [-0.39, 0.29) is 0 Å². The minimum Gasteiger partial charge on any atom is -0.384 e. The fourth-order valence-corrected chi connectivity index (χ4v) is 2.00. The Morgan fingerprint density at radius 1 is 1.43 bits per heavy atom. The lowest BCUT2D eigenvalue weighted by molar-refractivity contribution is 0.468. The molecule has 0 fully saturated rings. The van der Waals surface area contributed by atoms with E-state index in [1.165, 1.54) is 5.69 Å². The van der Waals surface area contributed by atoms with Crippen LogP contribution in [0, 0.1) is 12.8 Å². The van der Waals surface area contributed by atoms with Crippen molar-refractivity contribution >= 4 is 5.82 Å². The first kappa shape index (κ1) is 11.1. The predicted octanol–water partition coefficient (Wildman–Crippen LogP) is 2.46. The van der Waals surface area contributed by atoms with Gasteiger partial charge in [-0.05, 0) is 19.3 Å². The molecule has 2 N–H and O–H groups in total. The molecule has 0 aromatic carbocycles. The number of hydrogen-bond acceptors (Lipinski definition) is 2. The summed E-state index contributed by atoms with van der Waals surface area (Å²) >= 11 is 0. The molecular formula is C11H21N3. The van der Waals surface area contributed by atoms with E-state index in [1.807, 2.05) is 7.05 Å². The van der Waals surface area contributed by atoms with Crippen molar-refractivity contribution in [3.63, 3.8) is 0 Å². The molecule has 1 atom stereocenters. The maximum Gasteiger partial charge on any atom is 0.124 e. The Morgan fingerprint density at radius 3 is 2.29 bits per heavy atom. The van der Waals surface area contributed by atoms with Gasteiger partial charge in [0, 0.05) is 18.5 Å². The minimum absolute atomic E-state index is 0.526. The van der Waals surface area contributed by atoms with Crippen molar-refractivity contribution in [1.82, 2.24) is 9.78 Å². The second-order valence-corrected chi connectivity index (χ2v) is 4.28. The van der Waals surface area contributed by atoms with Gasteiger partial charge in [-0.1, -0.05) is 20.8 Å². The van der Waals surface area contributed by atoms with Crippen molar-refractivity contribution in [3.8, 4) is 0 Å². The molecular weight excluding hydrogens is 174 g/mol. The van der Waals surface area contributed by atoms with E-state index in [0.717, 1.165) is 17.8 Å². The van der Waals surface area contributed by atoms with E-state index >= 15 is 0 Å². The van der Waals surface area contributed by atoms with Crippen LogP contribution in [0.3, 0.4) is 0 Å². The SMILES string of the molecule is CCC(c1nn(C)c(N)c1C)C(C)C. The van der Waals surface area contributed by atoms with Gasteiger partial charge >= 0.3 is 0 Å². The first-order valence-electron chi connectivity index (χ1n) is 5.28. The quantitative estimate of drug-likeness (QED) is 0.805. The summed E-state index contributed by atoms with van der Waals surface area (Å²) in [5.74, 6) is 1.94. The number of nitrogen functional groups attached to an aromatic ring is 1. The molecule has 0 bridgehead atoms. The van der Waals surface area contributed by atoms with Crippen molar-refractivity contribution in [1.29, 1.82) is 0 Å². The van der Waals surface area contributed by atoms with Gasteiger partial charge in [-0.25, -0.2) is 0 Å². The lowest BCUT2D eigenvalue weighted by Gasteiger charge is -2.17. The van der Waals surface area contributed by atoms with Crippen molar-refractivity contribution in [2.24, 2.45) is 13.0 Å². The summed E-state index contributed by atoms with van der Waals surface area (Å²) in [5.41, 5.74) is 8.21. The number of aryl methyl sites for hydroxylation is 1. The zero-order valence-corrected chi connectivity index (χ0v) is 9.83. The maximum atomic E-state index is 5.90. The Morgan fingerprint density at radius 2 is 2.00 bits per heavy atom. The van der Waals surface area contributed by atoms with Gasteiger partial charge in [0.05, 0.1) is 5.69 Å². The van der Waals surface area contributed by atoms with Crippen molar-refractivity contribution in [3.05, 3.63) is 11.3 Å². The molecule has 3 heteroatoms. The van der Waals surface area contributed by atoms with E-state index in [9.17, 15) is 0 Å². The van der Waals surface area contributed by atoms with Crippen LogP contribution < -0.4 is 5.73 Å². The first-order valence-corrected chi connectivity index (χ1v) is 5.28. The summed E-state index contributed by atoms with van der Waals surface area (Å²) in [6.45, 7) is 8.73. The van der Waals surface area contributed by atoms with Gasteiger partial charge in [-0.3, -0.25) is 4.68 Å². The van der Waals surface area contributed by atoms with Gasteiger partial charge in [-0.15, -0.1) is 0 Å². The topological polar surface area (TPSA) is 43.8 Å². The van der Waals surface area contributed by atoms with E-state index in [2.05, 4.69) is 32.8 Å². The highest BCUT2D eigenvalue weighted by Crippen LogP contribution is 2.30. The molecule has 0 aliphatic rings. The van der Waals surface area contributed by atoms with Crippen LogP contribution in [-0.2, 0) is 7.05 Å². The molecule has 1 aromatic rings. The molecule has 0 saturated carbocycles. The molecule has 0 radical (unpaired) electrons. The number of nitrogens with zero attached hydrogens (tertiary/aromatic N) is 2. The maximum absolute atomic E-state index is 5.90. The smallest absolute Gasteiger partial charge is 0.124 e. The van der Waals surface area contributed by atoms with E-state index in [4.69, 9.17) is 5.73 Å². The highest BCUT2D eigenvalue weighted by molar-refractivity contribution is 5.43. The van der Waals surface area contributed by atoms with Crippen LogP contribution in [-0.4, -0.2) is 9.78 Å². The third kappa shape index (κ3) is 1.76. The molecule has 1 rings (SSSR count). The molecule has 0 aliphatic carbocycles. The summed E-state index contributed by atoms with van der Waals surface area (Å²) in [7, 11) is 1.90. The van der Waals surface area contributed by atoms with Crippen molar-refractivity contribution < 1.29 is 0 Å². The fourth-order valence-electron chi connectivity index (χ4n) is 2.00. The molecule has 3 nitrogen and oxygen atoms in total. The number of rotatable bonds is 3. The molecule has 14 heavy (non-hydrogen) atoms. The molecule has 0 spiro atoms. The van der Waals surface area contributed by atoms with E-state index < -0.39 is 0 Å². The second kappa shape index (κ2) is 4.03. The zero-order valence-electron chi connectivity index (χ0n) is 9.83. The monoisotopic (exact) mass is 195 g/mol. The predicted molar refractivity (Wildman–Crippen MR) is 60.2 cm³/mol. The highest BCUT2D eigenvalue weighted by Gasteiger charge is 2.20. The third-order valence-corrected chi connectivity index (χ3v) is 2.97. The average molecular weight is 195 g/mol. The summed E-state index contributed by atoms with van der Waals surface area (Å²) in [5, 5.41) is 4.49. The van der Waals surface area contributed by atoms with Crippen LogP contribution in [0.25, 0.3) is 0 Å². The second-order valence-electron chi connectivity index (χ2n) is 4.28. The lowest BCUT2D eigenvalue weighted by atomic mass is 9.88. The lowest BCUT2D eigenvalue weighted by Crippen LogP contribution is -2.08. The number of aromatic nitrogens is 2. The normalized spacial score (nSPS) is 13.6. The summed E-state index contributed by atoms with van der Waals surface area (Å²) < 4.78 is 1.77. The molecule has 1 heterocycles. The molecule has 0 aliphatic heterocycles. The minimum atomic E-state index is 0.526. The van der Waals surface area contributed by atoms with Crippen LogP contribution in [0.4, 0.5) is 5.82 Å². The molecule has 1 aromatic heterocycles. The summed E-state index contributed by atoms with van der Waals surface area (Å²) in [6, 6.07) is 0. The number of anilines is 1. The van der Waals surface area contributed by atoms with Crippen LogP contribution in [0.5, 0.6) is 0 Å². The Kier molecular flexibility index (Phi) is 3.19. The molecule has 1 unspecified atom stereocenters. The zero-order chi connectivity index (χ0) is 10.9. The van der Waals surface area contributed by atoms with Crippen molar-refractivity contribution in [2.75, 3.05) is 5.73 Å². The van der Waals surface area contributed by atoms with Crippen LogP contribution in [0.15, 0.2) is 0 Å². The largest absolute Gasteiger partial charge is 0.384 e. The Balaban J connectivity index is 3.11. The Hall–Kier alpha value is -0.990. The number of nitrogens with two attached hydrogens (primary N) is 1. The molecule has 0 amide bonds. The highest BCUT2D eigenvalue weighted by atomic mass is 15.3. The average Bonchev–Trinajstić information content (AvgIpc) is 2.35. The summed E-state index contributed by atoms with van der Waals surface area (Å²) in [6.07, 6.45) is 1.12. The first-order chi connectivity index (χ1) is 6.49. The van der Waals surface area contributed by atoms with E-state index in [0.29, 0.717) is 11.8 Å². The van der Waals surface area contributed by atoms with Gasteiger partial charge in [0.2, 0.25) is 0 Å². The van der Waals surface area contributed by atoms with Gasteiger partial charge in [-0.2, -0.15) is 5.10 Å². The standard InChI is InChI=1S/C11H21N3/c1-6-9(7(2)3)10-8(4)11(12)14(5)13-10/h7,9H,6,12H2,1-5H3.